The number of hydrogen-bond donors (Lipinski definition) is 6. The third-order valence-corrected chi connectivity index (χ3v) is 12.0. The molecule has 1 aliphatic heterocycles. The van der Waals surface area contributed by atoms with Crippen molar-refractivity contribution in [2.45, 2.75) is 237 Å². The van der Waals surface area contributed by atoms with Crippen LogP contribution in [0.1, 0.15) is 201 Å². The molecule has 1 saturated heterocycles. The van der Waals surface area contributed by atoms with Gasteiger partial charge in [0, 0.05) is 19.9 Å². The van der Waals surface area contributed by atoms with Crippen molar-refractivity contribution in [1.29, 1.82) is 0 Å². The minimum absolute atomic E-state index is 0.154. The molecule has 62 heavy (non-hydrogen) atoms. The van der Waals surface area contributed by atoms with Crippen LogP contribution in [0.4, 0.5) is 0 Å². The second-order valence-corrected chi connectivity index (χ2v) is 18.9. The average molecular weight is 930 g/mol. The summed E-state index contributed by atoms with van der Waals surface area (Å²) >= 11 is 0. The number of ether oxygens (including phenoxy) is 2. The molecule has 1 fully saturated rings. The zero-order valence-corrected chi connectivity index (χ0v) is 39.7. The normalized spacial score (nSPS) is 19.9. The molecule has 366 valence electrons. The number of carbonyl (C=O) groups excluding carboxylic acids is 3. The van der Waals surface area contributed by atoms with E-state index < -0.39 is 88.4 Å². The van der Waals surface area contributed by atoms with Crippen LogP contribution < -0.4 is 16.0 Å². The third kappa shape index (κ3) is 30.2. The van der Waals surface area contributed by atoms with Gasteiger partial charge in [-0.25, -0.2) is 8.37 Å². The second-order valence-electron chi connectivity index (χ2n) is 16.8. The summed E-state index contributed by atoms with van der Waals surface area (Å²) < 4.78 is 86.6. The number of nitrogens with one attached hydrogen (secondary N) is 3. The molecule has 1 rings (SSSR count). The van der Waals surface area contributed by atoms with Gasteiger partial charge in [0.15, 0.2) is 6.29 Å². The molecule has 0 saturated carbocycles. The largest absolute Gasteiger partial charge is 0.397 e. The molecule has 0 aromatic heterocycles. The van der Waals surface area contributed by atoms with Crippen LogP contribution in [-0.2, 0) is 53.0 Å². The molecule has 3 amide bonds. The van der Waals surface area contributed by atoms with Gasteiger partial charge in [-0.05, 0) is 12.8 Å². The van der Waals surface area contributed by atoms with Gasteiger partial charge in [0.2, 0.25) is 17.7 Å². The Hall–Kier alpha value is -1.97. The van der Waals surface area contributed by atoms with Crippen LogP contribution in [0, 0.1) is 0 Å². The fraction of sp³-hybridized carbons (Fsp3) is 0.930. The highest BCUT2D eigenvalue weighted by Gasteiger charge is 2.52. The summed E-state index contributed by atoms with van der Waals surface area (Å²) in [6.45, 7) is 4.21. The first-order valence-electron chi connectivity index (χ1n) is 23.6. The molecule has 1 heterocycles. The fourth-order valence-corrected chi connectivity index (χ4v) is 8.71. The van der Waals surface area contributed by atoms with Crippen LogP contribution in [0.3, 0.4) is 0 Å². The second kappa shape index (κ2) is 35.3. The molecule has 0 bridgehead atoms. The number of unbranched alkanes of at least 4 members (excludes halogenated alkanes) is 25. The van der Waals surface area contributed by atoms with Crippen molar-refractivity contribution in [3.05, 3.63) is 0 Å². The van der Waals surface area contributed by atoms with E-state index in [1.165, 1.54) is 116 Å². The van der Waals surface area contributed by atoms with E-state index in [0.717, 1.165) is 51.9 Å². The summed E-state index contributed by atoms with van der Waals surface area (Å²) in [7, 11) is -10.7. The Morgan fingerprint density at radius 3 is 1.42 bits per heavy atom. The standard InChI is InChI=1S/C43H83N3O14S2/c1-4-6-8-10-12-14-16-18-19-20-21-23-25-27-29-31-38(49)46-36(42(50)44-32-30-28-26-24-22-17-15-13-11-9-7-5-2)34-57-43-39(45-35(3)48)41(60-62(54,55)56)40(37(33-47)58-43)59-61(51,52)53/h36-37,39-41,43,47H,4-34H2,1-3H3,(H,44,50)(H,45,48)(H,46,49)(H,51,52,53)(H,54,55,56)/t36-,37+,39+,40?,41+,43+/m0/s1. The predicted molar refractivity (Wildman–Crippen MR) is 238 cm³/mol. The summed E-state index contributed by atoms with van der Waals surface area (Å²) in [5, 5.41) is 17.8. The van der Waals surface area contributed by atoms with E-state index in [1.807, 2.05) is 0 Å². The fourth-order valence-electron chi connectivity index (χ4n) is 7.69. The highest BCUT2D eigenvalue weighted by atomic mass is 32.3. The lowest BCUT2D eigenvalue weighted by Gasteiger charge is -2.44. The predicted octanol–water partition coefficient (Wildman–Crippen LogP) is 7.16. The first-order chi connectivity index (χ1) is 29.6. The molecular formula is C43H83N3O14S2. The topological polar surface area (TPSA) is 253 Å². The zero-order chi connectivity index (χ0) is 46.1. The van der Waals surface area contributed by atoms with Crippen molar-refractivity contribution < 1.29 is 63.3 Å². The Kier molecular flexibility index (Phi) is 33.1. The maximum Gasteiger partial charge on any atom is 0.397 e. The van der Waals surface area contributed by atoms with Gasteiger partial charge in [-0.2, -0.15) is 16.8 Å². The van der Waals surface area contributed by atoms with Gasteiger partial charge < -0.3 is 30.5 Å². The molecule has 0 aromatic rings. The van der Waals surface area contributed by atoms with Gasteiger partial charge >= 0.3 is 20.8 Å². The van der Waals surface area contributed by atoms with Gasteiger partial charge in [-0.15, -0.1) is 0 Å². The Morgan fingerprint density at radius 2 is 1.02 bits per heavy atom. The van der Waals surface area contributed by atoms with E-state index in [4.69, 9.17) is 9.47 Å². The maximum absolute atomic E-state index is 13.5. The lowest BCUT2D eigenvalue weighted by molar-refractivity contribution is -0.263. The van der Waals surface area contributed by atoms with Crippen molar-refractivity contribution in [2.24, 2.45) is 0 Å². The van der Waals surface area contributed by atoms with Gasteiger partial charge in [0.1, 0.15) is 30.4 Å². The molecule has 6 atom stereocenters. The third-order valence-electron chi connectivity index (χ3n) is 11.1. The summed E-state index contributed by atoms with van der Waals surface area (Å²) in [5.74, 6) is -1.78. The quantitative estimate of drug-likeness (QED) is 0.0263. The Bertz CT molecular complexity index is 1410. The summed E-state index contributed by atoms with van der Waals surface area (Å²) in [6, 6.07) is -3.03. The lowest BCUT2D eigenvalue weighted by Crippen LogP contribution is -2.67. The van der Waals surface area contributed by atoms with E-state index >= 15 is 0 Å². The number of amides is 3. The van der Waals surface area contributed by atoms with E-state index in [0.29, 0.717) is 19.4 Å². The van der Waals surface area contributed by atoms with Crippen LogP contribution >= 0.6 is 0 Å². The number of carbonyl (C=O) groups is 3. The molecule has 19 heteroatoms. The molecular weight excluding hydrogens is 847 g/mol. The van der Waals surface area contributed by atoms with Crippen molar-refractivity contribution >= 4 is 38.5 Å². The van der Waals surface area contributed by atoms with Gasteiger partial charge in [-0.3, -0.25) is 23.5 Å². The Morgan fingerprint density at radius 1 is 0.613 bits per heavy atom. The first kappa shape index (κ1) is 58.0. The molecule has 6 N–H and O–H groups in total. The lowest BCUT2D eigenvalue weighted by atomic mass is 9.97. The van der Waals surface area contributed by atoms with Gasteiger partial charge in [-0.1, -0.05) is 174 Å². The Labute approximate surface area is 373 Å². The highest BCUT2D eigenvalue weighted by Crippen LogP contribution is 2.29. The van der Waals surface area contributed by atoms with Gasteiger partial charge in [0.05, 0.1) is 13.2 Å². The average Bonchev–Trinajstić information content (AvgIpc) is 3.20. The van der Waals surface area contributed by atoms with E-state index in [2.05, 4.69) is 38.2 Å². The van der Waals surface area contributed by atoms with E-state index in [-0.39, 0.29) is 6.42 Å². The molecule has 0 spiro atoms. The van der Waals surface area contributed by atoms with Crippen LogP contribution in [-0.4, -0.2) is 105 Å². The molecule has 1 unspecified atom stereocenters. The van der Waals surface area contributed by atoms with Crippen LogP contribution in [0.5, 0.6) is 0 Å². The Balaban J connectivity index is 2.83. The minimum Gasteiger partial charge on any atom is -0.394 e. The summed E-state index contributed by atoms with van der Waals surface area (Å²) in [4.78, 5) is 38.9. The van der Waals surface area contributed by atoms with Crippen LogP contribution in [0.15, 0.2) is 0 Å². The van der Waals surface area contributed by atoms with Crippen molar-refractivity contribution in [3.8, 4) is 0 Å². The smallest absolute Gasteiger partial charge is 0.394 e. The molecule has 0 radical (unpaired) electrons. The molecule has 0 aliphatic carbocycles. The summed E-state index contributed by atoms with van der Waals surface area (Å²) in [6.07, 6.45) is 23.8. The monoisotopic (exact) mass is 930 g/mol. The highest BCUT2D eigenvalue weighted by molar-refractivity contribution is 7.81. The number of hydrogen-bond acceptors (Lipinski definition) is 12. The van der Waals surface area contributed by atoms with Gasteiger partial charge in [0.25, 0.3) is 0 Å². The maximum atomic E-state index is 13.5. The number of aliphatic hydroxyl groups excluding tert-OH is 1. The van der Waals surface area contributed by atoms with Crippen molar-refractivity contribution in [3.63, 3.8) is 0 Å². The van der Waals surface area contributed by atoms with Crippen molar-refractivity contribution in [2.75, 3.05) is 19.8 Å². The molecule has 0 aromatic carbocycles. The SMILES string of the molecule is CCCCCCCCCCCCCCCCCC(=O)N[C@@H](CO[C@@H]1O[C@H](CO)C(OS(=O)(=O)O)[C@H](OS(=O)(=O)O)[C@H]1NC(C)=O)C(=O)NCCCCCCCCCCCCCC. The first-order valence-corrected chi connectivity index (χ1v) is 26.4. The summed E-state index contributed by atoms with van der Waals surface area (Å²) in [5.41, 5.74) is 0. The number of rotatable bonds is 40. The minimum atomic E-state index is -5.37. The zero-order valence-electron chi connectivity index (χ0n) is 38.0. The van der Waals surface area contributed by atoms with E-state index in [1.54, 1.807) is 0 Å². The van der Waals surface area contributed by atoms with Crippen LogP contribution in [0.25, 0.3) is 0 Å². The molecule has 1 aliphatic rings. The van der Waals surface area contributed by atoms with Crippen molar-refractivity contribution in [1.82, 2.24) is 16.0 Å². The van der Waals surface area contributed by atoms with E-state index in [9.17, 15) is 45.4 Å². The van der Waals surface area contributed by atoms with Crippen LogP contribution in [0.2, 0.25) is 0 Å². The molecule has 17 nitrogen and oxygen atoms in total. The number of aliphatic hydroxyl groups is 1.